The molecule has 0 unspecified atom stereocenters. The molecule has 4 aromatic rings. The van der Waals surface area contributed by atoms with Gasteiger partial charge in [-0.05, 0) is 44.0 Å². The van der Waals surface area contributed by atoms with Crippen LogP contribution in [0.4, 0.5) is 0 Å². The minimum Gasteiger partial charge on any atom is -0.311 e. The largest absolute Gasteiger partial charge is 0.311 e. The first kappa shape index (κ1) is 24.1. The second-order valence-electron chi connectivity index (χ2n) is 8.99. The van der Waals surface area contributed by atoms with E-state index < -0.39 is 6.04 Å². The van der Waals surface area contributed by atoms with E-state index in [0.717, 1.165) is 49.2 Å². The average Bonchev–Trinajstić information content (AvgIpc) is 3.34. The van der Waals surface area contributed by atoms with E-state index in [1.54, 1.807) is 11.3 Å². The third kappa shape index (κ3) is 4.50. The maximum Gasteiger partial charge on any atom is 0.249 e. The fourth-order valence-electron chi connectivity index (χ4n) is 4.51. The number of hydrogen-bond acceptors (Lipinski definition) is 5. The molecule has 8 heteroatoms. The van der Waals surface area contributed by atoms with Crippen LogP contribution < -0.4 is 0 Å². The van der Waals surface area contributed by atoms with Crippen LogP contribution in [0.25, 0.3) is 9.85 Å². The lowest BCUT2D eigenvalue weighted by Gasteiger charge is -2.12. The molecule has 2 aromatic heterocycles. The molecular formula is C28H24ClN5OS. The maximum atomic E-state index is 13.2. The van der Waals surface area contributed by atoms with Crippen LogP contribution in [0.2, 0.25) is 5.02 Å². The minimum atomic E-state index is -0.488. The van der Waals surface area contributed by atoms with Crippen molar-refractivity contribution < 1.29 is 4.79 Å². The molecule has 1 atom stereocenters. The van der Waals surface area contributed by atoms with Gasteiger partial charge in [0.25, 0.3) is 0 Å². The quantitative estimate of drug-likeness (QED) is 0.279. The Hall–Kier alpha value is -3.60. The van der Waals surface area contributed by atoms with E-state index in [-0.39, 0.29) is 12.2 Å². The second kappa shape index (κ2) is 9.81. The summed E-state index contributed by atoms with van der Waals surface area (Å²) in [5.41, 5.74) is 5.81. The zero-order valence-corrected chi connectivity index (χ0v) is 21.8. The first-order valence-corrected chi connectivity index (χ1v) is 12.8. The number of aliphatic imine (C=N–C) groups is 1. The van der Waals surface area contributed by atoms with Crippen molar-refractivity contribution in [3.05, 3.63) is 109 Å². The molecule has 180 valence electrons. The predicted molar refractivity (Wildman–Crippen MR) is 143 cm³/mol. The summed E-state index contributed by atoms with van der Waals surface area (Å²) in [7, 11) is 0. The molecule has 5 rings (SSSR count). The van der Waals surface area contributed by atoms with Crippen LogP contribution in [0.3, 0.4) is 0 Å². The standard InChI is InChI=1S/C28H24ClN5OS/c1-16-5-7-19(8-6-16)13-22(35)14-23-27-33-32-18(3)34(27)28-25(17(2)24(36-28)15-30-4)26(31-23)20-9-11-21(29)12-10-20/h5-12,23H,13-15H2,1-3H3/t23-/m0/s1. The molecular weight excluding hydrogens is 490 g/mol. The van der Waals surface area contributed by atoms with E-state index in [1.165, 1.54) is 0 Å². The van der Waals surface area contributed by atoms with Crippen molar-refractivity contribution in [3.63, 3.8) is 0 Å². The van der Waals surface area contributed by atoms with Crippen LogP contribution in [0.15, 0.2) is 53.5 Å². The highest BCUT2D eigenvalue weighted by molar-refractivity contribution is 7.15. The van der Waals surface area contributed by atoms with Crippen molar-refractivity contribution in [3.8, 4) is 5.00 Å². The van der Waals surface area contributed by atoms with Gasteiger partial charge >= 0.3 is 0 Å². The number of rotatable bonds is 6. The molecule has 0 radical (unpaired) electrons. The minimum absolute atomic E-state index is 0.0888. The van der Waals surface area contributed by atoms with E-state index in [2.05, 4.69) is 15.0 Å². The van der Waals surface area contributed by atoms with Crippen molar-refractivity contribution in [1.82, 2.24) is 14.8 Å². The Bertz CT molecular complexity index is 1520. The van der Waals surface area contributed by atoms with Gasteiger partial charge < -0.3 is 4.85 Å². The number of benzene rings is 2. The average molecular weight is 514 g/mol. The third-order valence-electron chi connectivity index (χ3n) is 6.38. The summed E-state index contributed by atoms with van der Waals surface area (Å²) in [4.78, 5) is 23.0. The molecule has 0 saturated heterocycles. The van der Waals surface area contributed by atoms with E-state index in [1.807, 2.05) is 73.9 Å². The van der Waals surface area contributed by atoms with Gasteiger partial charge in [-0.15, -0.1) is 21.5 Å². The first-order valence-electron chi connectivity index (χ1n) is 11.6. The Morgan fingerprint density at radius 1 is 1.08 bits per heavy atom. The number of fused-ring (bicyclic) bond motifs is 3. The number of nitrogens with zero attached hydrogens (tertiary/aromatic N) is 5. The van der Waals surface area contributed by atoms with Gasteiger partial charge in [0.2, 0.25) is 6.54 Å². The number of ketones is 1. The third-order valence-corrected chi connectivity index (χ3v) is 7.90. The molecule has 0 saturated carbocycles. The van der Waals surface area contributed by atoms with Crippen LogP contribution in [0.1, 0.15) is 56.8 Å². The summed E-state index contributed by atoms with van der Waals surface area (Å²) < 4.78 is 2.01. The Kier molecular flexibility index (Phi) is 6.57. The molecule has 2 aromatic carbocycles. The molecule has 1 aliphatic rings. The van der Waals surface area contributed by atoms with Crippen LogP contribution in [0, 0.1) is 27.3 Å². The normalized spacial score (nSPS) is 14.4. The van der Waals surface area contributed by atoms with Crippen LogP contribution in [-0.4, -0.2) is 26.3 Å². The van der Waals surface area contributed by atoms with Gasteiger partial charge in [0.15, 0.2) is 5.82 Å². The fraction of sp³-hybridized carbons (Fsp3) is 0.250. The molecule has 36 heavy (non-hydrogen) atoms. The highest BCUT2D eigenvalue weighted by atomic mass is 35.5. The molecule has 6 nitrogen and oxygen atoms in total. The van der Waals surface area contributed by atoms with Gasteiger partial charge in [-0.3, -0.25) is 14.4 Å². The monoisotopic (exact) mass is 513 g/mol. The number of aryl methyl sites for hydroxylation is 2. The number of halogens is 1. The second-order valence-corrected chi connectivity index (χ2v) is 10.5. The lowest BCUT2D eigenvalue weighted by atomic mass is 9.99. The van der Waals surface area contributed by atoms with Gasteiger partial charge in [-0.1, -0.05) is 53.6 Å². The number of hydrogen-bond donors (Lipinski definition) is 0. The predicted octanol–water partition coefficient (Wildman–Crippen LogP) is 6.42. The van der Waals surface area contributed by atoms with Gasteiger partial charge in [0, 0.05) is 29.0 Å². The highest BCUT2D eigenvalue weighted by Crippen LogP contribution is 2.40. The molecule has 0 spiro atoms. The van der Waals surface area contributed by atoms with E-state index in [4.69, 9.17) is 23.2 Å². The number of thiophene rings is 1. The summed E-state index contributed by atoms with van der Waals surface area (Å²) in [5, 5.41) is 10.4. The summed E-state index contributed by atoms with van der Waals surface area (Å²) in [6.45, 7) is 13.7. The summed E-state index contributed by atoms with van der Waals surface area (Å²) in [6, 6.07) is 15.1. The summed E-state index contributed by atoms with van der Waals surface area (Å²) in [5.74, 6) is 1.46. The molecule has 0 aliphatic carbocycles. The first-order chi connectivity index (χ1) is 17.4. The zero-order valence-electron chi connectivity index (χ0n) is 20.2. The molecule has 0 bridgehead atoms. The Balaban J connectivity index is 1.63. The fourth-order valence-corrected chi connectivity index (χ4v) is 5.92. The summed E-state index contributed by atoms with van der Waals surface area (Å²) >= 11 is 7.75. The highest BCUT2D eigenvalue weighted by Gasteiger charge is 2.33. The lowest BCUT2D eigenvalue weighted by molar-refractivity contribution is -0.118. The van der Waals surface area contributed by atoms with E-state index in [0.29, 0.717) is 23.8 Å². The lowest BCUT2D eigenvalue weighted by Crippen LogP contribution is -2.13. The molecule has 0 N–H and O–H groups in total. The van der Waals surface area contributed by atoms with Gasteiger partial charge in [0.05, 0.1) is 10.6 Å². The molecule has 3 heterocycles. The van der Waals surface area contributed by atoms with Crippen LogP contribution in [-0.2, 0) is 17.8 Å². The zero-order chi connectivity index (χ0) is 25.4. The smallest absolute Gasteiger partial charge is 0.249 e. The SMILES string of the molecule is [C-]#[N+]Cc1sc2c(c1C)C(c1ccc(Cl)cc1)=N[C@@H](CC(=O)Cc1ccc(C)cc1)c1nnc(C)n1-2. The molecule has 1 aliphatic heterocycles. The van der Waals surface area contributed by atoms with E-state index >= 15 is 0 Å². The van der Waals surface area contributed by atoms with Gasteiger partial charge in [0.1, 0.15) is 22.7 Å². The number of carbonyl (C=O) groups is 1. The van der Waals surface area contributed by atoms with Crippen molar-refractivity contribution in [2.75, 3.05) is 0 Å². The number of aromatic nitrogens is 3. The Labute approximate surface area is 219 Å². The van der Waals surface area contributed by atoms with Crippen molar-refractivity contribution in [1.29, 1.82) is 0 Å². The van der Waals surface area contributed by atoms with Gasteiger partial charge in [-0.25, -0.2) is 6.57 Å². The topological polar surface area (TPSA) is 64.5 Å². The maximum absolute atomic E-state index is 13.2. The number of carbonyl (C=O) groups excluding carboxylic acids is 1. The number of Topliss-reactive ketones (excluding diaryl/α,β-unsaturated/α-hetero) is 1. The molecule has 0 fully saturated rings. The van der Waals surface area contributed by atoms with Crippen molar-refractivity contribution in [2.45, 2.75) is 46.2 Å². The molecule has 0 amide bonds. The Morgan fingerprint density at radius 3 is 2.50 bits per heavy atom. The van der Waals surface area contributed by atoms with Crippen LogP contribution in [0.5, 0.6) is 0 Å². The van der Waals surface area contributed by atoms with Crippen LogP contribution >= 0.6 is 22.9 Å². The summed E-state index contributed by atoms with van der Waals surface area (Å²) in [6.07, 6.45) is 0.553. The van der Waals surface area contributed by atoms with Crippen molar-refractivity contribution >= 4 is 34.4 Å². The Morgan fingerprint density at radius 2 is 1.81 bits per heavy atom. The van der Waals surface area contributed by atoms with E-state index in [9.17, 15) is 4.79 Å². The van der Waals surface area contributed by atoms with Gasteiger partial charge in [-0.2, -0.15) is 0 Å². The van der Waals surface area contributed by atoms with Crippen molar-refractivity contribution in [2.24, 2.45) is 4.99 Å².